The molecule has 1 saturated carbocycles. The molecule has 1 N–H and O–H groups in total. The van der Waals surface area contributed by atoms with Crippen LogP contribution in [-0.4, -0.2) is 31.5 Å². The van der Waals surface area contributed by atoms with Crippen molar-refractivity contribution in [3.63, 3.8) is 0 Å². The van der Waals surface area contributed by atoms with Crippen molar-refractivity contribution < 1.29 is 17.9 Å². The Bertz CT molecular complexity index is 175. The zero-order valence-electron chi connectivity index (χ0n) is 7.74. The van der Waals surface area contributed by atoms with Gasteiger partial charge in [-0.15, -0.1) is 0 Å². The highest BCUT2D eigenvalue weighted by atomic mass is 19.4. The first kappa shape index (κ1) is 10.8. The van der Waals surface area contributed by atoms with Gasteiger partial charge in [0, 0.05) is 20.0 Å². The van der Waals surface area contributed by atoms with Gasteiger partial charge in [0.05, 0.1) is 6.10 Å². The summed E-state index contributed by atoms with van der Waals surface area (Å²) in [5.41, 5.74) is -1.69. The SMILES string of the molecule is CCNC1(C(F)(F)F)CC(OC)C1. The Hall–Kier alpha value is -0.290. The Kier molecular flexibility index (Phi) is 2.87. The van der Waals surface area contributed by atoms with Crippen LogP contribution in [0.2, 0.25) is 0 Å². The van der Waals surface area contributed by atoms with Crippen molar-refractivity contribution in [1.29, 1.82) is 0 Å². The lowest BCUT2D eigenvalue weighted by Gasteiger charge is -2.48. The van der Waals surface area contributed by atoms with Gasteiger partial charge in [0.2, 0.25) is 0 Å². The van der Waals surface area contributed by atoms with Crippen molar-refractivity contribution in [2.24, 2.45) is 0 Å². The van der Waals surface area contributed by atoms with Gasteiger partial charge in [0.25, 0.3) is 0 Å². The molecular formula is C8H14F3NO. The predicted molar refractivity (Wildman–Crippen MR) is 42.5 cm³/mol. The first-order valence-electron chi connectivity index (χ1n) is 4.30. The minimum atomic E-state index is -4.17. The van der Waals surface area contributed by atoms with Crippen LogP contribution >= 0.6 is 0 Å². The van der Waals surface area contributed by atoms with Crippen LogP contribution in [0.25, 0.3) is 0 Å². The predicted octanol–water partition coefficient (Wildman–Crippen LogP) is 1.71. The number of nitrogens with one attached hydrogen (secondary N) is 1. The maximum absolute atomic E-state index is 12.5. The largest absolute Gasteiger partial charge is 0.406 e. The summed E-state index contributed by atoms with van der Waals surface area (Å²) in [6, 6.07) is 0. The normalized spacial score (nSPS) is 34.4. The quantitative estimate of drug-likeness (QED) is 0.743. The Morgan fingerprint density at radius 1 is 1.46 bits per heavy atom. The smallest absolute Gasteiger partial charge is 0.381 e. The summed E-state index contributed by atoms with van der Waals surface area (Å²) < 4.78 is 42.4. The van der Waals surface area contributed by atoms with Crippen molar-refractivity contribution >= 4 is 0 Å². The fourth-order valence-electron chi connectivity index (χ4n) is 1.70. The van der Waals surface area contributed by atoms with Gasteiger partial charge in [0.15, 0.2) is 0 Å². The molecule has 0 aliphatic heterocycles. The molecule has 0 unspecified atom stereocenters. The molecule has 0 aromatic carbocycles. The molecule has 0 atom stereocenters. The van der Waals surface area contributed by atoms with Gasteiger partial charge in [0.1, 0.15) is 5.54 Å². The molecule has 1 aliphatic carbocycles. The number of ether oxygens (including phenoxy) is 1. The summed E-state index contributed by atoms with van der Waals surface area (Å²) in [6.07, 6.45) is -4.36. The van der Waals surface area contributed by atoms with Crippen molar-refractivity contribution in [2.75, 3.05) is 13.7 Å². The van der Waals surface area contributed by atoms with E-state index in [0.29, 0.717) is 6.54 Å². The number of methoxy groups -OCH3 is 1. The molecule has 1 aliphatic rings. The average molecular weight is 197 g/mol. The number of rotatable bonds is 3. The second-order valence-corrected chi connectivity index (χ2v) is 3.38. The van der Waals surface area contributed by atoms with Gasteiger partial charge in [-0.05, 0) is 6.54 Å². The van der Waals surface area contributed by atoms with E-state index in [2.05, 4.69) is 5.32 Å². The van der Waals surface area contributed by atoms with Crippen molar-refractivity contribution in [3.8, 4) is 0 Å². The van der Waals surface area contributed by atoms with Crippen LogP contribution in [0, 0.1) is 0 Å². The Labute approximate surface area is 75.4 Å². The summed E-state index contributed by atoms with van der Waals surface area (Å²) in [5.74, 6) is 0. The minimum Gasteiger partial charge on any atom is -0.381 e. The fraction of sp³-hybridized carbons (Fsp3) is 1.00. The lowest BCUT2D eigenvalue weighted by atomic mass is 9.73. The van der Waals surface area contributed by atoms with E-state index < -0.39 is 11.7 Å². The van der Waals surface area contributed by atoms with Gasteiger partial charge in [-0.2, -0.15) is 13.2 Å². The lowest BCUT2D eigenvalue weighted by Crippen LogP contribution is -2.66. The third-order valence-electron chi connectivity index (χ3n) is 2.54. The van der Waals surface area contributed by atoms with Gasteiger partial charge >= 0.3 is 6.18 Å². The second kappa shape index (κ2) is 3.46. The molecule has 0 spiro atoms. The first-order chi connectivity index (χ1) is 5.95. The number of alkyl halides is 3. The van der Waals surface area contributed by atoms with Crippen LogP contribution < -0.4 is 5.32 Å². The van der Waals surface area contributed by atoms with Crippen LogP contribution in [0.15, 0.2) is 0 Å². The molecule has 0 radical (unpaired) electrons. The number of hydrogen-bond donors (Lipinski definition) is 1. The van der Waals surface area contributed by atoms with Crippen LogP contribution in [0.4, 0.5) is 13.2 Å². The van der Waals surface area contributed by atoms with E-state index in [9.17, 15) is 13.2 Å². The Morgan fingerprint density at radius 2 is 2.00 bits per heavy atom. The molecular weight excluding hydrogens is 183 g/mol. The van der Waals surface area contributed by atoms with Gasteiger partial charge in [-0.1, -0.05) is 6.92 Å². The standard InChI is InChI=1S/C8H14F3NO/c1-3-12-7(8(9,10)11)4-6(5-7)13-2/h6,12H,3-5H2,1-2H3. The number of halogens is 3. The zero-order valence-corrected chi connectivity index (χ0v) is 7.74. The molecule has 5 heteroatoms. The zero-order chi connectivity index (χ0) is 10.1. The summed E-state index contributed by atoms with van der Waals surface area (Å²) in [7, 11) is 1.44. The molecule has 13 heavy (non-hydrogen) atoms. The molecule has 0 aromatic rings. The van der Waals surface area contributed by atoms with Crippen LogP contribution in [0.5, 0.6) is 0 Å². The summed E-state index contributed by atoms with van der Waals surface area (Å²) >= 11 is 0. The molecule has 0 saturated heterocycles. The van der Waals surface area contributed by atoms with Crippen molar-refractivity contribution in [1.82, 2.24) is 5.32 Å². The fourth-order valence-corrected chi connectivity index (χ4v) is 1.70. The van der Waals surface area contributed by atoms with Crippen LogP contribution in [0.3, 0.4) is 0 Å². The van der Waals surface area contributed by atoms with Gasteiger partial charge < -0.3 is 10.1 Å². The monoisotopic (exact) mass is 197 g/mol. The van der Waals surface area contributed by atoms with E-state index in [4.69, 9.17) is 4.74 Å². The second-order valence-electron chi connectivity index (χ2n) is 3.38. The highest BCUT2D eigenvalue weighted by Crippen LogP contribution is 2.46. The molecule has 0 amide bonds. The lowest BCUT2D eigenvalue weighted by molar-refractivity contribution is -0.242. The first-order valence-corrected chi connectivity index (χ1v) is 4.30. The summed E-state index contributed by atoms with van der Waals surface area (Å²) in [4.78, 5) is 0. The van der Waals surface area contributed by atoms with Crippen molar-refractivity contribution in [2.45, 2.75) is 37.6 Å². The van der Waals surface area contributed by atoms with E-state index in [1.807, 2.05) is 0 Å². The molecule has 0 bridgehead atoms. The van der Waals surface area contributed by atoms with E-state index in [1.165, 1.54) is 7.11 Å². The van der Waals surface area contributed by atoms with Crippen molar-refractivity contribution in [3.05, 3.63) is 0 Å². The van der Waals surface area contributed by atoms with Crippen LogP contribution in [-0.2, 0) is 4.74 Å². The van der Waals surface area contributed by atoms with E-state index in [0.717, 1.165) is 0 Å². The topological polar surface area (TPSA) is 21.3 Å². The minimum absolute atomic E-state index is 0.0286. The highest BCUT2D eigenvalue weighted by Gasteiger charge is 2.61. The molecule has 2 nitrogen and oxygen atoms in total. The molecule has 1 fully saturated rings. The van der Waals surface area contributed by atoms with E-state index >= 15 is 0 Å². The van der Waals surface area contributed by atoms with Gasteiger partial charge in [-0.25, -0.2) is 0 Å². The van der Waals surface area contributed by atoms with E-state index in [1.54, 1.807) is 6.92 Å². The number of hydrogen-bond acceptors (Lipinski definition) is 2. The summed E-state index contributed by atoms with van der Waals surface area (Å²) in [6.45, 7) is 2.00. The molecule has 78 valence electrons. The Balaban J connectivity index is 2.60. The molecule has 0 aromatic heterocycles. The maximum Gasteiger partial charge on any atom is 0.406 e. The Morgan fingerprint density at radius 3 is 2.31 bits per heavy atom. The maximum atomic E-state index is 12.5. The average Bonchev–Trinajstić information content (AvgIpc) is 1.93. The van der Waals surface area contributed by atoms with Gasteiger partial charge in [-0.3, -0.25) is 0 Å². The third-order valence-corrected chi connectivity index (χ3v) is 2.54. The molecule has 0 heterocycles. The van der Waals surface area contributed by atoms with Crippen LogP contribution in [0.1, 0.15) is 19.8 Å². The summed E-state index contributed by atoms with van der Waals surface area (Å²) in [5, 5.41) is 2.49. The molecule has 1 rings (SSSR count). The highest BCUT2D eigenvalue weighted by molar-refractivity contribution is 5.06. The van der Waals surface area contributed by atoms with E-state index in [-0.39, 0.29) is 18.9 Å². The third kappa shape index (κ3) is 1.81.